The molecule has 64 valence electrons. The van der Waals surface area contributed by atoms with Crippen LogP contribution in [0.3, 0.4) is 0 Å². The van der Waals surface area contributed by atoms with Crippen LogP contribution >= 0.6 is 0 Å². The van der Waals surface area contributed by atoms with Crippen molar-refractivity contribution >= 4 is 6.08 Å². The van der Waals surface area contributed by atoms with E-state index >= 15 is 0 Å². The largest absolute Gasteiger partial charge is 0.234 e. The Bertz CT molecular complexity index is 128. The first-order valence-electron chi connectivity index (χ1n) is 4.34. The first-order valence-corrected chi connectivity index (χ1v) is 4.34. The monoisotopic (exact) mass is 155 g/mol. The van der Waals surface area contributed by atoms with Crippen LogP contribution in [0.1, 0.15) is 39.5 Å². The molecule has 0 N–H and O–H groups in total. The molecule has 11 heavy (non-hydrogen) atoms. The van der Waals surface area contributed by atoms with E-state index in [4.69, 9.17) is 0 Å². The van der Waals surface area contributed by atoms with Gasteiger partial charge in [-0.2, -0.15) is 0 Å². The second-order valence-electron chi connectivity index (χ2n) is 3.01. The lowest BCUT2D eigenvalue weighted by molar-refractivity contribution is 0.477. The van der Waals surface area contributed by atoms with Gasteiger partial charge >= 0.3 is 0 Å². The van der Waals surface area contributed by atoms with Crippen molar-refractivity contribution in [2.24, 2.45) is 10.9 Å². The van der Waals surface area contributed by atoms with E-state index in [2.05, 4.69) is 18.8 Å². The molecule has 0 aliphatic rings. The smallest absolute Gasteiger partial charge is 0.211 e. The molecule has 0 aromatic rings. The molecule has 0 rings (SSSR count). The average Bonchev–Trinajstić information content (AvgIpc) is 2.01. The van der Waals surface area contributed by atoms with Crippen LogP contribution in [0.25, 0.3) is 0 Å². The van der Waals surface area contributed by atoms with E-state index in [9.17, 15) is 4.79 Å². The summed E-state index contributed by atoms with van der Waals surface area (Å²) in [4.78, 5) is 13.2. The third kappa shape index (κ3) is 7.27. The van der Waals surface area contributed by atoms with Gasteiger partial charge in [0.15, 0.2) is 0 Å². The highest BCUT2D eigenvalue weighted by atomic mass is 16.1. The molecule has 0 heterocycles. The number of carbonyl (C=O) groups excluding carboxylic acids is 1. The Morgan fingerprint density at radius 2 is 2.18 bits per heavy atom. The predicted octanol–water partition coefficient (Wildman–Crippen LogP) is 2.54. The summed E-state index contributed by atoms with van der Waals surface area (Å²) >= 11 is 0. The molecule has 0 saturated heterocycles. The zero-order valence-electron chi connectivity index (χ0n) is 7.47. The van der Waals surface area contributed by atoms with Crippen LogP contribution < -0.4 is 0 Å². The highest BCUT2D eigenvalue weighted by Crippen LogP contribution is 2.10. The van der Waals surface area contributed by atoms with Gasteiger partial charge in [-0.05, 0) is 12.3 Å². The fraction of sp³-hybridized carbons (Fsp3) is 0.889. The Morgan fingerprint density at radius 3 is 2.73 bits per heavy atom. The molecule has 0 fully saturated rings. The fourth-order valence-electron chi connectivity index (χ4n) is 1.03. The highest BCUT2D eigenvalue weighted by Gasteiger charge is 1.99. The molecule has 0 saturated carbocycles. The molecule has 0 aliphatic heterocycles. The highest BCUT2D eigenvalue weighted by molar-refractivity contribution is 5.32. The van der Waals surface area contributed by atoms with Crippen LogP contribution in [0.4, 0.5) is 0 Å². The molecule has 1 unspecified atom stereocenters. The maximum Gasteiger partial charge on any atom is 0.234 e. The molecular weight excluding hydrogens is 138 g/mol. The molecule has 0 aliphatic carbocycles. The molecule has 0 aromatic carbocycles. The maximum absolute atomic E-state index is 9.71. The number of rotatable bonds is 6. The fourth-order valence-corrected chi connectivity index (χ4v) is 1.03. The summed E-state index contributed by atoms with van der Waals surface area (Å²) in [6.07, 6.45) is 6.37. The van der Waals surface area contributed by atoms with Gasteiger partial charge in [-0.3, -0.25) is 0 Å². The first-order chi connectivity index (χ1) is 5.31. The van der Waals surface area contributed by atoms with E-state index < -0.39 is 0 Å². The number of hydrogen-bond acceptors (Lipinski definition) is 2. The second-order valence-corrected chi connectivity index (χ2v) is 3.01. The van der Waals surface area contributed by atoms with Crippen molar-refractivity contribution in [3.05, 3.63) is 0 Å². The molecule has 0 aromatic heterocycles. The maximum atomic E-state index is 9.71. The van der Waals surface area contributed by atoms with Crippen molar-refractivity contribution in [1.82, 2.24) is 0 Å². The Labute approximate surface area is 68.7 Å². The van der Waals surface area contributed by atoms with Crippen LogP contribution in [0.5, 0.6) is 0 Å². The van der Waals surface area contributed by atoms with Crippen molar-refractivity contribution in [3.63, 3.8) is 0 Å². The summed E-state index contributed by atoms with van der Waals surface area (Å²) in [5.41, 5.74) is 0. The molecule has 2 nitrogen and oxygen atoms in total. The van der Waals surface area contributed by atoms with Gasteiger partial charge in [0.2, 0.25) is 6.08 Å². The lowest BCUT2D eigenvalue weighted by Crippen LogP contribution is -1.96. The molecule has 0 amide bonds. The SMILES string of the molecule is CCCCC(C)CCN=C=O. The van der Waals surface area contributed by atoms with Gasteiger partial charge < -0.3 is 0 Å². The summed E-state index contributed by atoms with van der Waals surface area (Å²) in [5, 5.41) is 0. The number of hydrogen-bond donors (Lipinski definition) is 0. The second kappa shape index (κ2) is 7.49. The topological polar surface area (TPSA) is 29.4 Å². The van der Waals surface area contributed by atoms with Gasteiger partial charge in [-0.15, -0.1) is 0 Å². The predicted molar refractivity (Wildman–Crippen MR) is 46.3 cm³/mol. The number of nitrogens with zero attached hydrogens (tertiary/aromatic N) is 1. The standard InChI is InChI=1S/C9H17NO/c1-3-4-5-9(2)6-7-10-8-11/h9H,3-7H2,1-2H3. The third-order valence-corrected chi connectivity index (χ3v) is 1.85. The third-order valence-electron chi connectivity index (χ3n) is 1.85. The van der Waals surface area contributed by atoms with E-state index in [-0.39, 0.29) is 0 Å². The van der Waals surface area contributed by atoms with Gasteiger partial charge in [-0.1, -0.05) is 33.1 Å². The van der Waals surface area contributed by atoms with Crippen LogP contribution in [0.2, 0.25) is 0 Å². The molecule has 0 spiro atoms. The van der Waals surface area contributed by atoms with Crippen molar-refractivity contribution in [3.8, 4) is 0 Å². The normalized spacial score (nSPS) is 12.2. The number of isocyanates is 1. The minimum absolute atomic E-state index is 0.647. The molecule has 1 atom stereocenters. The average molecular weight is 155 g/mol. The number of aliphatic imine (C=N–C) groups is 1. The van der Waals surface area contributed by atoms with Crippen LogP contribution in [-0.4, -0.2) is 12.6 Å². The zero-order valence-corrected chi connectivity index (χ0v) is 7.47. The van der Waals surface area contributed by atoms with E-state index in [1.54, 1.807) is 6.08 Å². The Hall–Kier alpha value is -0.620. The first kappa shape index (κ1) is 10.4. The lowest BCUT2D eigenvalue weighted by Gasteiger charge is -2.06. The van der Waals surface area contributed by atoms with E-state index in [1.165, 1.54) is 19.3 Å². The van der Waals surface area contributed by atoms with Crippen LogP contribution in [0.15, 0.2) is 4.99 Å². The van der Waals surface area contributed by atoms with Gasteiger partial charge in [-0.25, -0.2) is 9.79 Å². The minimum Gasteiger partial charge on any atom is -0.211 e. The summed E-state index contributed by atoms with van der Waals surface area (Å²) < 4.78 is 0. The summed E-state index contributed by atoms with van der Waals surface area (Å²) in [6, 6.07) is 0. The summed E-state index contributed by atoms with van der Waals surface area (Å²) in [7, 11) is 0. The minimum atomic E-state index is 0.647. The van der Waals surface area contributed by atoms with Crippen molar-refractivity contribution in [2.45, 2.75) is 39.5 Å². The van der Waals surface area contributed by atoms with Crippen molar-refractivity contribution < 1.29 is 4.79 Å². The van der Waals surface area contributed by atoms with Gasteiger partial charge in [0.1, 0.15) is 0 Å². The molecule has 2 heteroatoms. The molecule has 0 radical (unpaired) electrons. The van der Waals surface area contributed by atoms with Gasteiger partial charge in [0.05, 0.1) is 6.54 Å². The summed E-state index contributed by atoms with van der Waals surface area (Å²) in [5.74, 6) is 0.701. The van der Waals surface area contributed by atoms with E-state index in [1.807, 2.05) is 0 Å². The Kier molecular flexibility index (Phi) is 7.06. The number of unbranched alkanes of at least 4 members (excludes halogenated alkanes) is 1. The van der Waals surface area contributed by atoms with Gasteiger partial charge in [0.25, 0.3) is 0 Å². The van der Waals surface area contributed by atoms with Crippen LogP contribution in [0, 0.1) is 5.92 Å². The van der Waals surface area contributed by atoms with Crippen molar-refractivity contribution in [1.29, 1.82) is 0 Å². The molecular formula is C9H17NO. The van der Waals surface area contributed by atoms with Gasteiger partial charge in [0, 0.05) is 0 Å². The molecule has 0 bridgehead atoms. The van der Waals surface area contributed by atoms with E-state index in [0.717, 1.165) is 6.42 Å². The van der Waals surface area contributed by atoms with E-state index in [0.29, 0.717) is 12.5 Å². The Morgan fingerprint density at radius 1 is 1.45 bits per heavy atom. The summed E-state index contributed by atoms with van der Waals surface area (Å²) in [6.45, 7) is 5.04. The zero-order chi connectivity index (χ0) is 8.53. The van der Waals surface area contributed by atoms with Crippen molar-refractivity contribution in [2.75, 3.05) is 6.54 Å². The Balaban J connectivity index is 3.21. The lowest BCUT2D eigenvalue weighted by atomic mass is 10.0. The quantitative estimate of drug-likeness (QED) is 0.428. The van der Waals surface area contributed by atoms with Crippen LogP contribution in [-0.2, 0) is 4.79 Å².